The quantitative estimate of drug-likeness (QED) is 0.867. The highest BCUT2D eigenvalue weighted by Crippen LogP contribution is 2.26. The highest BCUT2D eigenvalue weighted by Gasteiger charge is 2.13. The Labute approximate surface area is 100 Å². The molecule has 0 atom stereocenters. The number of nitrogens with zero attached hydrogens (tertiary/aromatic N) is 1. The first-order valence-electron chi connectivity index (χ1n) is 6.30. The molecule has 0 spiro atoms. The maximum atomic E-state index is 13.3. The number of aromatic nitrogens is 1. The third-order valence-corrected chi connectivity index (χ3v) is 3.38. The van der Waals surface area contributed by atoms with E-state index in [-0.39, 0.29) is 5.82 Å². The molecule has 1 aromatic rings. The molecular weight excluding hydrogens is 222 g/mol. The fraction of sp³-hybridized carbons (Fsp3) is 0.615. The van der Waals surface area contributed by atoms with E-state index in [1.54, 1.807) is 0 Å². The van der Waals surface area contributed by atoms with Gasteiger partial charge < -0.3 is 5.32 Å². The minimum absolute atomic E-state index is 0.155. The molecule has 0 aliphatic heterocycles. The molecule has 1 aliphatic carbocycles. The maximum Gasteiger partial charge on any atom is 0.168 e. The highest BCUT2D eigenvalue weighted by molar-refractivity contribution is 5.35. The number of nitrogens with one attached hydrogen (secondary N) is 1. The topological polar surface area (TPSA) is 24.9 Å². The van der Waals surface area contributed by atoms with E-state index < -0.39 is 11.6 Å². The Morgan fingerprint density at radius 3 is 2.71 bits per heavy atom. The molecule has 0 unspecified atom stereocenters. The average Bonchev–Trinajstić information content (AvgIpc) is 2.33. The second-order valence-electron chi connectivity index (χ2n) is 4.70. The summed E-state index contributed by atoms with van der Waals surface area (Å²) in [4.78, 5) is 3.70. The van der Waals surface area contributed by atoms with Crippen molar-refractivity contribution in [2.45, 2.75) is 38.5 Å². The Kier molecular flexibility index (Phi) is 4.29. The first-order valence-corrected chi connectivity index (χ1v) is 6.30. The average molecular weight is 240 g/mol. The van der Waals surface area contributed by atoms with Crippen LogP contribution in [-0.2, 0) is 0 Å². The summed E-state index contributed by atoms with van der Waals surface area (Å²) in [6.45, 7) is 0.709. The molecule has 1 saturated carbocycles. The number of hydrogen-bond acceptors (Lipinski definition) is 2. The van der Waals surface area contributed by atoms with Gasteiger partial charge in [0.25, 0.3) is 0 Å². The van der Waals surface area contributed by atoms with Gasteiger partial charge in [-0.1, -0.05) is 32.1 Å². The van der Waals surface area contributed by atoms with Gasteiger partial charge in [0.05, 0.1) is 6.20 Å². The first kappa shape index (κ1) is 12.3. The summed E-state index contributed by atoms with van der Waals surface area (Å²) in [5.74, 6) is -0.351. The fourth-order valence-corrected chi connectivity index (χ4v) is 2.42. The molecule has 1 fully saturated rings. The van der Waals surface area contributed by atoms with Gasteiger partial charge in [-0.2, -0.15) is 0 Å². The van der Waals surface area contributed by atoms with Crippen molar-refractivity contribution in [1.29, 1.82) is 0 Å². The van der Waals surface area contributed by atoms with Crippen molar-refractivity contribution in [2.24, 2.45) is 5.92 Å². The molecule has 0 saturated heterocycles. The van der Waals surface area contributed by atoms with Gasteiger partial charge >= 0.3 is 0 Å². The molecule has 0 radical (unpaired) electrons. The minimum Gasteiger partial charge on any atom is -0.368 e. The Morgan fingerprint density at radius 2 is 2.00 bits per heavy atom. The Balaban J connectivity index is 1.77. The van der Waals surface area contributed by atoms with Crippen LogP contribution in [0.5, 0.6) is 0 Å². The SMILES string of the molecule is Fc1cnc(NCCC2CCCCC2)c(F)c1. The predicted molar refractivity (Wildman–Crippen MR) is 63.8 cm³/mol. The highest BCUT2D eigenvalue weighted by atomic mass is 19.1. The lowest BCUT2D eigenvalue weighted by atomic mass is 9.87. The Morgan fingerprint density at radius 1 is 1.24 bits per heavy atom. The second kappa shape index (κ2) is 5.94. The van der Waals surface area contributed by atoms with Gasteiger partial charge in [-0.3, -0.25) is 0 Å². The van der Waals surface area contributed by atoms with Crippen LogP contribution in [0.1, 0.15) is 38.5 Å². The lowest BCUT2D eigenvalue weighted by Gasteiger charge is -2.21. The molecule has 1 heterocycles. The summed E-state index contributed by atoms with van der Waals surface area (Å²) in [5.41, 5.74) is 0. The molecule has 2 rings (SSSR count). The zero-order valence-electron chi connectivity index (χ0n) is 9.88. The molecule has 0 bridgehead atoms. The van der Waals surface area contributed by atoms with Gasteiger partial charge in [0, 0.05) is 12.6 Å². The normalized spacial score (nSPS) is 17.1. The fourth-order valence-electron chi connectivity index (χ4n) is 2.42. The summed E-state index contributed by atoms with van der Waals surface area (Å²) in [5, 5.41) is 2.93. The number of halogens is 2. The van der Waals surface area contributed by atoms with E-state index in [0.29, 0.717) is 6.54 Å². The van der Waals surface area contributed by atoms with E-state index in [1.807, 2.05) is 0 Å². The summed E-state index contributed by atoms with van der Waals surface area (Å²) in [6.07, 6.45) is 8.60. The van der Waals surface area contributed by atoms with Crippen molar-refractivity contribution in [3.63, 3.8) is 0 Å². The van der Waals surface area contributed by atoms with Crippen LogP contribution in [0.4, 0.5) is 14.6 Å². The smallest absolute Gasteiger partial charge is 0.168 e. The largest absolute Gasteiger partial charge is 0.368 e. The Hall–Kier alpha value is -1.19. The lowest BCUT2D eigenvalue weighted by Crippen LogP contribution is -2.13. The summed E-state index contributed by atoms with van der Waals surface area (Å²) < 4.78 is 25.9. The molecule has 1 aromatic heterocycles. The van der Waals surface area contributed by atoms with E-state index >= 15 is 0 Å². The number of hydrogen-bond donors (Lipinski definition) is 1. The van der Waals surface area contributed by atoms with Crippen LogP contribution in [0, 0.1) is 17.6 Å². The number of pyridine rings is 1. The number of rotatable bonds is 4. The van der Waals surface area contributed by atoms with E-state index in [0.717, 1.165) is 24.6 Å². The third kappa shape index (κ3) is 3.65. The molecular formula is C13H18F2N2. The lowest BCUT2D eigenvalue weighted by molar-refractivity contribution is 0.345. The zero-order chi connectivity index (χ0) is 12.1. The number of anilines is 1. The van der Waals surface area contributed by atoms with E-state index in [2.05, 4.69) is 10.3 Å². The monoisotopic (exact) mass is 240 g/mol. The first-order chi connectivity index (χ1) is 8.25. The van der Waals surface area contributed by atoms with Crippen molar-refractivity contribution in [1.82, 2.24) is 4.98 Å². The van der Waals surface area contributed by atoms with Gasteiger partial charge in [-0.05, 0) is 12.3 Å². The van der Waals surface area contributed by atoms with Gasteiger partial charge in [-0.25, -0.2) is 13.8 Å². The standard InChI is InChI=1S/C13H18F2N2/c14-11-8-12(15)13(17-9-11)16-7-6-10-4-2-1-3-5-10/h8-10H,1-7H2,(H,16,17). The van der Waals surface area contributed by atoms with Crippen LogP contribution in [0.15, 0.2) is 12.3 Å². The van der Waals surface area contributed by atoms with Crippen molar-refractivity contribution < 1.29 is 8.78 Å². The van der Waals surface area contributed by atoms with Gasteiger partial charge in [0.1, 0.15) is 5.82 Å². The van der Waals surface area contributed by atoms with Gasteiger partial charge in [0.2, 0.25) is 0 Å². The zero-order valence-corrected chi connectivity index (χ0v) is 9.88. The summed E-state index contributed by atoms with van der Waals surface area (Å²) in [7, 11) is 0. The van der Waals surface area contributed by atoms with Crippen LogP contribution < -0.4 is 5.32 Å². The third-order valence-electron chi connectivity index (χ3n) is 3.38. The van der Waals surface area contributed by atoms with Crippen LogP contribution in [0.2, 0.25) is 0 Å². The Bertz CT molecular complexity index is 362. The second-order valence-corrected chi connectivity index (χ2v) is 4.70. The van der Waals surface area contributed by atoms with Crippen molar-refractivity contribution in [3.8, 4) is 0 Å². The van der Waals surface area contributed by atoms with E-state index in [9.17, 15) is 8.78 Å². The van der Waals surface area contributed by atoms with Gasteiger partial charge in [0.15, 0.2) is 11.6 Å². The summed E-state index contributed by atoms with van der Waals surface area (Å²) >= 11 is 0. The molecule has 0 amide bonds. The van der Waals surface area contributed by atoms with Crippen molar-refractivity contribution in [3.05, 3.63) is 23.9 Å². The van der Waals surface area contributed by atoms with Crippen LogP contribution in [-0.4, -0.2) is 11.5 Å². The molecule has 1 aliphatic rings. The van der Waals surface area contributed by atoms with Crippen molar-refractivity contribution >= 4 is 5.82 Å². The molecule has 1 N–H and O–H groups in total. The molecule has 0 aromatic carbocycles. The molecule has 4 heteroatoms. The van der Waals surface area contributed by atoms with Crippen LogP contribution in [0.3, 0.4) is 0 Å². The summed E-state index contributed by atoms with van der Waals surface area (Å²) in [6, 6.07) is 0.857. The van der Waals surface area contributed by atoms with E-state index in [4.69, 9.17) is 0 Å². The van der Waals surface area contributed by atoms with Crippen LogP contribution >= 0.6 is 0 Å². The van der Waals surface area contributed by atoms with Gasteiger partial charge in [-0.15, -0.1) is 0 Å². The van der Waals surface area contributed by atoms with E-state index in [1.165, 1.54) is 32.1 Å². The molecule has 2 nitrogen and oxygen atoms in total. The predicted octanol–water partition coefficient (Wildman–Crippen LogP) is 3.74. The van der Waals surface area contributed by atoms with Crippen LogP contribution in [0.25, 0.3) is 0 Å². The van der Waals surface area contributed by atoms with Crippen molar-refractivity contribution in [2.75, 3.05) is 11.9 Å². The molecule has 17 heavy (non-hydrogen) atoms. The minimum atomic E-state index is -0.639. The molecule has 94 valence electrons. The maximum absolute atomic E-state index is 13.3.